The van der Waals surface area contributed by atoms with Crippen LogP contribution >= 0.6 is 11.3 Å². The number of para-hydroxylation sites is 1. The molecule has 9 nitrogen and oxygen atoms in total. The maximum absolute atomic E-state index is 13.4. The van der Waals surface area contributed by atoms with Gasteiger partial charge < -0.3 is 14.2 Å². The van der Waals surface area contributed by atoms with E-state index in [1.165, 1.54) is 15.9 Å². The molecule has 0 unspecified atom stereocenters. The third kappa shape index (κ3) is 5.91. The van der Waals surface area contributed by atoms with Crippen LogP contribution in [0.2, 0.25) is 0 Å². The largest absolute Gasteiger partial charge is 0.493 e. The number of hydrogen-bond acceptors (Lipinski definition) is 8. The molecule has 0 spiro atoms. The van der Waals surface area contributed by atoms with Crippen molar-refractivity contribution in [3.63, 3.8) is 0 Å². The van der Waals surface area contributed by atoms with Gasteiger partial charge >= 0.3 is 0 Å². The molecule has 6 rings (SSSR count). The fraction of sp³-hybridized carbons (Fsp3) is 0.152. The van der Waals surface area contributed by atoms with Gasteiger partial charge in [0.1, 0.15) is 11.4 Å². The smallest absolute Gasteiger partial charge is 0.291 e. The second-order valence-corrected chi connectivity index (χ2v) is 10.9. The SMILES string of the molecule is COc1ccc(/C=C/c2nc3s/c(=C\c4cn(-c5ccccc5)nc4-c4ccc(OC(C)C)cc4)c(=O)n3n2)cc1OC. The molecule has 3 aromatic heterocycles. The highest BCUT2D eigenvalue weighted by Crippen LogP contribution is 2.29. The number of ether oxygens (including phenoxy) is 3. The van der Waals surface area contributed by atoms with Crippen molar-refractivity contribution in [2.45, 2.75) is 20.0 Å². The molecular weight excluding hydrogens is 562 g/mol. The molecule has 6 aromatic rings. The van der Waals surface area contributed by atoms with E-state index in [-0.39, 0.29) is 11.7 Å². The van der Waals surface area contributed by atoms with Crippen molar-refractivity contribution in [1.29, 1.82) is 0 Å². The van der Waals surface area contributed by atoms with E-state index in [0.717, 1.165) is 33.8 Å². The summed E-state index contributed by atoms with van der Waals surface area (Å²) in [6.07, 6.45) is 7.48. The zero-order valence-electron chi connectivity index (χ0n) is 24.1. The Morgan fingerprint density at radius 1 is 0.884 bits per heavy atom. The fourth-order valence-electron chi connectivity index (χ4n) is 4.58. The minimum atomic E-state index is -0.239. The summed E-state index contributed by atoms with van der Waals surface area (Å²) in [5.41, 5.74) is 4.02. The van der Waals surface area contributed by atoms with Gasteiger partial charge in [0.2, 0.25) is 4.96 Å². The number of nitrogens with zero attached hydrogens (tertiary/aromatic N) is 5. The quantitative estimate of drug-likeness (QED) is 0.218. The normalized spacial score (nSPS) is 12.1. The lowest BCUT2D eigenvalue weighted by Crippen LogP contribution is -2.23. The number of rotatable bonds is 9. The number of thiazole rings is 1. The van der Waals surface area contributed by atoms with Crippen LogP contribution in [0.5, 0.6) is 17.2 Å². The van der Waals surface area contributed by atoms with Crippen LogP contribution in [-0.4, -0.2) is 44.7 Å². The van der Waals surface area contributed by atoms with Crippen molar-refractivity contribution in [3.05, 3.63) is 111 Å². The Bertz CT molecular complexity index is 2030. The Kier molecular flexibility index (Phi) is 7.76. The zero-order valence-corrected chi connectivity index (χ0v) is 24.9. The molecule has 3 aromatic carbocycles. The predicted molar refractivity (Wildman–Crippen MR) is 169 cm³/mol. The maximum Gasteiger partial charge on any atom is 0.291 e. The molecule has 216 valence electrons. The average Bonchev–Trinajstić information content (AvgIpc) is 3.71. The molecule has 0 bridgehead atoms. The minimum absolute atomic E-state index is 0.0795. The average molecular weight is 592 g/mol. The summed E-state index contributed by atoms with van der Waals surface area (Å²) >= 11 is 1.28. The Morgan fingerprint density at radius 3 is 2.35 bits per heavy atom. The van der Waals surface area contributed by atoms with Gasteiger partial charge in [-0.25, -0.2) is 4.68 Å². The van der Waals surface area contributed by atoms with Crippen molar-refractivity contribution in [1.82, 2.24) is 24.4 Å². The molecule has 0 aliphatic carbocycles. The van der Waals surface area contributed by atoms with Gasteiger partial charge in [-0.05, 0) is 80.1 Å². The topological polar surface area (TPSA) is 92.8 Å². The third-order valence-corrected chi connectivity index (χ3v) is 7.54. The van der Waals surface area contributed by atoms with Crippen LogP contribution in [0.4, 0.5) is 0 Å². The summed E-state index contributed by atoms with van der Waals surface area (Å²) in [5, 5.41) is 9.32. The summed E-state index contributed by atoms with van der Waals surface area (Å²) in [5.74, 6) is 2.50. The Labute approximate surface area is 251 Å². The first-order valence-electron chi connectivity index (χ1n) is 13.7. The van der Waals surface area contributed by atoms with Gasteiger partial charge in [-0.3, -0.25) is 4.79 Å². The molecule has 0 saturated heterocycles. The fourth-order valence-corrected chi connectivity index (χ4v) is 5.49. The summed E-state index contributed by atoms with van der Waals surface area (Å²) in [6.45, 7) is 3.99. The van der Waals surface area contributed by atoms with E-state index in [9.17, 15) is 4.79 Å². The van der Waals surface area contributed by atoms with Crippen LogP contribution in [0.25, 0.3) is 40.1 Å². The maximum atomic E-state index is 13.4. The zero-order chi connectivity index (χ0) is 29.9. The van der Waals surface area contributed by atoms with E-state index >= 15 is 0 Å². The molecular formula is C33H29N5O4S. The van der Waals surface area contributed by atoms with Crippen molar-refractivity contribution in [2.75, 3.05) is 14.2 Å². The number of hydrogen-bond donors (Lipinski definition) is 0. The van der Waals surface area contributed by atoms with E-state index < -0.39 is 0 Å². The second-order valence-electron chi connectivity index (χ2n) is 9.93. The Morgan fingerprint density at radius 2 is 1.65 bits per heavy atom. The lowest BCUT2D eigenvalue weighted by molar-refractivity contribution is 0.242. The molecule has 0 fully saturated rings. The molecule has 0 N–H and O–H groups in total. The first kappa shape index (κ1) is 27.9. The van der Waals surface area contributed by atoms with Gasteiger partial charge in [-0.15, -0.1) is 5.10 Å². The van der Waals surface area contributed by atoms with Gasteiger partial charge in [0.15, 0.2) is 17.3 Å². The lowest BCUT2D eigenvalue weighted by atomic mass is 10.1. The number of fused-ring (bicyclic) bond motifs is 1. The second kappa shape index (κ2) is 11.9. The highest BCUT2D eigenvalue weighted by molar-refractivity contribution is 7.15. The molecule has 0 saturated carbocycles. The van der Waals surface area contributed by atoms with Crippen LogP contribution in [0.3, 0.4) is 0 Å². The molecule has 43 heavy (non-hydrogen) atoms. The standard InChI is InChI=1S/C33H29N5O4S/c1-21(2)42-26-14-12-23(13-15-26)31-24(20-37(36-31)25-8-6-5-7-9-25)19-29-32(39)38-33(43-29)34-30(35-38)17-11-22-10-16-27(40-3)28(18-22)41-4/h5-21H,1-4H3/b17-11+,29-19-. The molecule has 3 heterocycles. The van der Waals surface area contributed by atoms with E-state index in [4.69, 9.17) is 19.3 Å². The molecule has 0 atom stereocenters. The Hall–Kier alpha value is -5.22. The van der Waals surface area contributed by atoms with Gasteiger partial charge in [0.05, 0.1) is 30.5 Å². The minimum Gasteiger partial charge on any atom is -0.493 e. The van der Waals surface area contributed by atoms with E-state index in [1.54, 1.807) is 20.3 Å². The van der Waals surface area contributed by atoms with Crippen molar-refractivity contribution < 1.29 is 14.2 Å². The first-order valence-corrected chi connectivity index (χ1v) is 14.5. The van der Waals surface area contributed by atoms with Crippen LogP contribution in [-0.2, 0) is 0 Å². The summed E-state index contributed by atoms with van der Waals surface area (Å²) in [6, 6.07) is 23.3. The van der Waals surface area contributed by atoms with Crippen LogP contribution in [0.15, 0.2) is 83.8 Å². The van der Waals surface area contributed by atoms with E-state index in [2.05, 4.69) is 10.1 Å². The van der Waals surface area contributed by atoms with Crippen LogP contribution < -0.4 is 24.3 Å². The summed E-state index contributed by atoms with van der Waals surface area (Å²) < 4.78 is 20.2. The Balaban J connectivity index is 1.35. The van der Waals surface area contributed by atoms with E-state index in [0.29, 0.717) is 26.8 Å². The summed E-state index contributed by atoms with van der Waals surface area (Å²) in [4.78, 5) is 18.5. The molecule has 10 heteroatoms. The molecule has 0 amide bonds. The van der Waals surface area contributed by atoms with E-state index in [1.807, 2.05) is 110 Å². The van der Waals surface area contributed by atoms with Crippen molar-refractivity contribution in [2.24, 2.45) is 0 Å². The van der Waals surface area contributed by atoms with Crippen LogP contribution in [0.1, 0.15) is 30.8 Å². The predicted octanol–water partition coefficient (Wildman–Crippen LogP) is 5.53. The van der Waals surface area contributed by atoms with Crippen molar-refractivity contribution in [3.8, 4) is 34.2 Å². The molecule has 0 aliphatic rings. The van der Waals surface area contributed by atoms with Gasteiger partial charge in [-0.2, -0.15) is 14.6 Å². The number of benzene rings is 3. The number of methoxy groups -OCH3 is 2. The van der Waals surface area contributed by atoms with Crippen molar-refractivity contribution >= 4 is 34.5 Å². The lowest BCUT2D eigenvalue weighted by Gasteiger charge is -2.09. The monoisotopic (exact) mass is 591 g/mol. The summed E-state index contributed by atoms with van der Waals surface area (Å²) in [7, 11) is 3.19. The van der Waals surface area contributed by atoms with Gasteiger partial charge in [0, 0.05) is 17.3 Å². The highest BCUT2D eigenvalue weighted by atomic mass is 32.1. The highest BCUT2D eigenvalue weighted by Gasteiger charge is 2.14. The molecule has 0 aliphatic heterocycles. The molecule has 0 radical (unpaired) electrons. The third-order valence-electron chi connectivity index (χ3n) is 6.58. The first-order chi connectivity index (χ1) is 20.9. The number of aromatic nitrogens is 5. The van der Waals surface area contributed by atoms with Crippen LogP contribution in [0, 0.1) is 0 Å². The van der Waals surface area contributed by atoms with Gasteiger partial charge in [0.25, 0.3) is 5.56 Å². The van der Waals surface area contributed by atoms with Gasteiger partial charge in [-0.1, -0.05) is 41.7 Å².